The van der Waals surface area contributed by atoms with Crippen molar-refractivity contribution in [3.8, 4) is 0 Å². The van der Waals surface area contributed by atoms with Crippen LogP contribution in [0.15, 0.2) is 48.7 Å². The van der Waals surface area contributed by atoms with Gasteiger partial charge in [-0.1, -0.05) is 30.3 Å². The predicted octanol–water partition coefficient (Wildman–Crippen LogP) is 5.38. The van der Waals surface area contributed by atoms with Crippen LogP contribution in [0.4, 0.5) is 32.0 Å². The predicted molar refractivity (Wildman–Crippen MR) is 102 cm³/mol. The number of anilines is 1. The molecule has 11 heteroatoms. The van der Waals surface area contributed by atoms with E-state index >= 15 is 0 Å². The summed E-state index contributed by atoms with van der Waals surface area (Å²) in [5.74, 6) is -1.88. The van der Waals surface area contributed by atoms with Gasteiger partial charge in [0.1, 0.15) is 17.0 Å². The van der Waals surface area contributed by atoms with E-state index in [1.807, 2.05) is 12.1 Å². The van der Waals surface area contributed by atoms with Gasteiger partial charge in [0.2, 0.25) is 0 Å². The number of nitrogens with one attached hydrogen (secondary N) is 1. The third-order valence-corrected chi connectivity index (χ3v) is 5.25. The average Bonchev–Trinajstić information content (AvgIpc) is 3.43. The fraction of sp³-hybridized carbons (Fsp3) is 0.286. The summed E-state index contributed by atoms with van der Waals surface area (Å²) < 4.78 is 81.3. The largest absolute Gasteiger partial charge is 0.433 e. The molecule has 32 heavy (non-hydrogen) atoms. The van der Waals surface area contributed by atoms with Gasteiger partial charge in [-0.05, 0) is 30.0 Å². The van der Waals surface area contributed by atoms with Gasteiger partial charge in [-0.15, -0.1) is 0 Å². The summed E-state index contributed by atoms with van der Waals surface area (Å²) in [6.07, 6.45) is -8.39. The third kappa shape index (κ3) is 4.19. The molecule has 1 aliphatic carbocycles. The van der Waals surface area contributed by atoms with E-state index in [0.717, 1.165) is 22.5 Å². The van der Waals surface area contributed by atoms with E-state index in [-0.39, 0.29) is 17.3 Å². The monoisotopic (exact) mass is 454 g/mol. The summed E-state index contributed by atoms with van der Waals surface area (Å²) in [7, 11) is 1.20. The molecular formula is C21H16F6N4O. The zero-order valence-electron chi connectivity index (χ0n) is 16.5. The molecule has 0 saturated heterocycles. The van der Waals surface area contributed by atoms with Crippen molar-refractivity contribution in [2.24, 2.45) is 7.05 Å². The van der Waals surface area contributed by atoms with Crippen molar-refractivity contribution in [3.63, 3.8) is 0 Å². The van der Waals surface area contributed by atoms with Gasteiger partial charge < -0.3 is 5.32 Å². The lowest BCUT2D eigenvalue weighted by Crippen LogP contribution is -2.21. The highest BCUT2D eigenvalue weighted by molar-refractivity contribution is 6.04. The van der Waals surface area contributed by atoms with Crippen LogP contribution in [0.1, 0.15) is 51.3 Å². The van der Waals surface area contributed by atoms with Crippen LogP contribution in [-0.4, -0.2) is 20.7 Å². The maximum Gasteiger partial charge on any atom is 0.433 e. The van der Waals surface area contributed by atoms with E-state index < -0.39 is 41.1 Å². The lowest BCUT2D eigenvalue weighted by Gasteiger charge is -2.12. The number of hydrogen-bond donors (Lipinski definition) is 1. The molecule has 1 fully saturated rings. The zero-order chi connectivity index (χ0) is 23.3. The molecule has 2 atom stereocenters. The van der Waals surface area contributed by atoms with Crippen molar-refractivity contribution in [3.05, 3.63) is 76.9 Å². The average molecular weight is 454 g/mol. The van der Waals surface area contributed by atoms with Crippen LogP contribution >= 0.6 is 0 Å². The molecule has 2 aromatic heterocycles. The van der Waals surface area contributed by atoms with Gasteiger partial charge >= 0.3 is 12.4 Å². The molecule has 0 spiro atoms. The van der Waals surface area contributed by atoms with Crippen LogP contribution < -0.4 is 5.32 Å². The molecule has 5 nitrogen and oxygen atoms in total. The Morgan fingerprint density at radius 1 is 1.03 bits per heavy atom. The van der Waals surface area contributed by atoms with Crippen molar-refractivity contribution in [1.82, 2.24) is 14.8 Å². The van der Waals surface area contributed by atoms with Crippen molar-refractivity contribution < 1.29 is 31.1 Å². The second-order valence-electron chi connectivity index (χ2n) is 7.47. The summed E-state index contributed by atoms with van der Waals surface area (Å²) in [6, 6.07) is 10.6. The third-order valence-electron chi connectivity index (χ3n) is 5.25. The summed E-state index contributed by atoms with van der Waals surface area (Å²) in [6.45, 7) is 0. The maximum absolute atomic E-state index is 14.0. The molecular weight excluding hydrogens is 438 g/mol. The first-order valence-electron chi connectivity index (χ1n) is 9.50. The molecule has 1 aromatic carbocycles. The standard InChI is InChI=1S/C21H16F6N4O/c1-31-18(19(32)29-12-7-8-28-15(9-12)20(22,23)24)16(21(25,26)27)17(30-31)14-10-13(14)11-5-3-2-4-6-11/h2-9,13-14H,10H2,1H3,(H,28,29,32). The smallest absolute Gasteiger partial charge is 0.321 e. The molecule has 4 rings (SSSR count). The Labute approximate surface area is 178 Å². The fourth-order valence-electron chi connectivity index (χ4n) is 3.76. The van der Waals surface area contributed by atoms with Gasteiger partial charge in [0, 0.05) is 24.8 Å². The van der Waals surface area contributed by atoms with Gasteiger partial charge in [0.05, 0.1) is 5.69 Å². The summed E-state index contributed by atoms with van der Waals surface area (Å²) >= 11 is 0. The normalized spacial score (nSPS) is 18.5. The van der Waals surface area contributed by atoms with Crippen LogP contribution in [0, 0.1) is 0 Å². The minimum absolute atomic E-state index is 0.155. The lowest BCUT2D eigenvalue weighted by molar-refractivity contribution is -0.141. The van der Waals surface area contributed by atoms with Gasteiger partial charge in [0.15, 0.2) is 0 Å². The topological polar surface area (TPSA) is 59.8 Å². The Morgan fingerprint density at radius 2 is 1.72 bits per heavy atom. The molecule has 2 heterocycles. The number of alkyl halides is 6. The van der Waals surface area contributed by atoms with Crippen LogP contribution in [0.25, 0.3) is 0 Å². The number of nitrogens with zero attached hydrogens (tertiary/aromatic N) is 3. The quantitative estimate of drug-likeness (QED) is 0.539. The summed E-state index contributed by atoms with van der Waals surface area (Å²) in [5, 5.41) is 6.08. The molecule has 3 aromatic rings. The van der Waals surface area contributed by atoms with Gasteiger partial charge in [0.25, 0.3) is 5.91 Å². The first-order chi connectivity index (χ1) is 15.0. The number of aromatic nitrogens is 3. The Morgan fingerprint density at radius 3 is 2.34 bits per heavy atom. The van der Waals surface area contributed by atoms with E-state index in [4.69, 9.17) is 0 Å². The highest BCUT2D eigenvalue weighted by Gasteiger charge is 2.50. The van der Waals surface area contributed by atoms with E-state index in [1.54, 1.807) is 18.2 Å². The number of halogens is 6. The SMILES string of the molecule is Cn1nc(C2CC2c2ccccc2)c(C(F)(F)F)c1C(=O)Nc1ccnc(C(F)(F)F)c1. The molecule has 0 aliphatic heterocycles. The zero-order valence-corrected chi connectivity index (χ0v) is 16.5. The number of pyridine rings is 1. The Hall–Kier alpha value is -3.37. The molecule has 2 unspecified atom stereocenters. The lowest BCUT2D eigenvalue weighted by atomic mass is 10.0. The van der Waals surface area contributed by atoms with Gasteiger partial charge in [-0.2, -0.15) is 31.4 Å². The van der Waals surface area contributed by atoms with Gasteiger partial charge in [-0.3, -0.25) is 14.5 Å². The Bertz CT molecular complexity index is 1150. The highest BCUT2D eigenvalue weighted by Crippen LogP contribution is 2.56. The minimum atomic E-state index is -4.88. The number of carbonyl (C=O) groups excluding carboxylic acids is 1. The van der Waals surface area contributed by atoms with Crippen molar-refractivity contribution in [1.29, 1.82) is 0 Å². The molecule has 0 radical (unpaired) electrons. The highest BCUT2D eigenvalue weighted by atomic mass is 19.4. The molecule has 1 aliphatic rings. The van der Waals surface area contributed by atoms with Crippen molar-refractivity contribution >= 4 is 11.6 Å². The van der Waals surface area contributed by atoms with Crippen LogP contribution in [0.3, 0.4) is 0 Å². The molecule has 1 amide bonds. The number of carbonyl (C=O) groups is 1. The van der Waals surface area contributed by atoms with Crippen LogP contribution in [-0.2, 0) is 19.4 Å². The van der Waals surface area contributed by atoms with E-state index in [2.05, 4.69) is 15.4 Å². The summed E-state index contributed by atoms with van der Waals surface area (Å²) in [5.41, 5.74) is -2.92. The number of aryl methyl sites for hydroxylation is 1. The molecule has 1 saturated carbocycles. The molecule has 168 valence electrons. The second kappa shape index (κ2) is 7.64. The second-order valence-corrected chi connectivity index (χ2v) is 7.47. The van der Waals surface area contributed by atoms with Gasteiger partial charge in [-0.25, -0.2) is 0 Å². The molecule has 1 N–H and O–H groups in total. The number of hydrogen-bond acceptors (Lipinski definition) is 3. The maximum atomic E-state index is 14.0. The first kappa shape index (κ1) is 21.8. The van der Waals surface area contributed by atoms with E-state index in [9.17, 15) is 31.1 Å². The van der Waals surface area contributed by atoms with Crippen molar-refractivity contribution in [2.75, 3.05) is 5.32 Å². The van der Waals surface area contributed by atoms with Crippen LogP contribution in [0.5, 0.6) is 0 Å². The summed E-state index contributed by atoms with van der Waals surface area (Å²) in [4.78, 5) is 15.9. The first-order valence-corrected chi connectivity index (χ1v) is 9.50. The van der Waals surface area contributed by atoms with Crippen molar-refractivity contribution in [2.45, 2.75) is 30.6 Å². The number of amides is 1. The molecule has 0 bridgehead atoms. The Balaban J connectivity index is 1.67. The van der Waals surface area contributed by atoms with E-state index in [0.29, 0.717) is 12.5 Å². The Kier molecular flexibility index (Phi) is 5.22. The van der Waals surface area contributed by atoms with Crippen LogP contribution in [0.2, 0.25) is 0 Å². The fourth-order valence-corrected chi connectivity index (χ4v) is 3.76. The minimum Gasteiger partial charge on any atom is -0.321 e. The van der Waals surface area contributed by atoms with E-state index in [1.165, 1.54) is 7.05 Å². The number of benzene rings is 1. The number of rotatable bonds is 4.